The van der Waals surface area contributed by atoms with E-state index in [-0.39, 0.29) is 23.7 Å². The largest absolute Gasteiger partial charge is 0.494 e. The Bertz CT molecular complexity index is 544. The first-order valence-electron chi connectivity index (χ1n) is 6.52. The first-order chi connectivity index (χ1) is 9.60. The van der Waals surface area contributed by atoms with E-state index in [0.717, 1.165) is 5.56 Å². The molecule has 0 aliphatic heterocycles. The molecule has 0 aliphatic rings. The quantitative estimate of drug-likeness (QED) is 0.880. The van der Waals surface area contributed by atoms with Gasteiger partial charge in [-0.3, -0.25) is 4.68 Å². The Morgan fingerprint density at radius 2 is 2.20 bits per heavy atom. The van der Waals surface area contributed by atoms with E-state index < -0.39 is 0 Å². The van der Waals surface area contributed by atoms with Gasteiger partial charge in [-0.05, 0) is 31.5 Å². The number of nitrogens with one attached hydrogen (secondary N) is 1. The predicted octanol–water partition coefficient (Wildman–Crippen LogP) is 2.17. The van der Waals surface area contributed by atoms with Crippen LogP contribution in [0.25, 0.3) is 0 Å². The van der Waals surface area contributed by atoms with Crippen LogP contribution in [0.2, 0.25) is 0 Å². The monoisotopic (exact) mass is 278 g/mol. The number of halogens is 1. The lowest BCUT2D eigenvalue weighted by Gasteiger charge is -2.20. The summed E-state index contributed by atoms with van der Waals surface area (Å²) in [5.41, 5.74) is 0.883. The molecule has 2 rings (SSSR count). The molecule has 1 aromatic heterocycles. The number of hydrogen-bond donors (Lipinski definition) is 1. The second-order valence-electron chi connectivity index (χ2n) is 4.80. The van der Waals surface area contributed by atoms with Crippen LogP contribution >= 0.6 is 0 Å². The molecule has 20 heavy (non-hydrogen) atoms. The number of hydrogen-bond acceptors (Lipinski definition) is 4. The normalized spacial score (nSPS) is 14.0. The summed E-state index contributed by atoms with van der Waals surface area (Å²) in [6.07, 6.45) is 3.19. The maximum atomic E-state index is 13.7. The van der Waals surface area contributed by atoms with Crippen LogP contribution in [-0.4, -0.2) is 27.9 Å². The molecular formula is C14H19FN4O. The maximum Gasteiger partial charge on any atom is 0.165 e. The predicted molar refractivity (Wildman–Crippen MR) is 74.0 cm³/mol. The molecule has 6 heteroatoms. The standard InChI is InChI=1S/C14H19FN4O/c1-10(7-19-9-16-8-17-19)18-11(2)12-4-5-14(20-3)13(15)6-12/h4-6,8-11,18H,7H2,1-3H3/t10-,11-/m1/s1. The highest BCUT2D eigenvalue weighted by Gasteiger charge is 2.12. The topological polar surface area (TPSA) is 52.0 Å². The molecule has 0 spiro atoms. The molecular weight excluding hydrogens is 259 g/mol. The van der Waals surface area contributed by atoms with Crippen LogP contribution < -0.4 is 10.1 Å². The van der Waals surface area contributed by atoms with Crippen molar-refractivity contribution in [3.63, 3.8) is 0 Å². The second-order valence-corrected chi connectivity index (χ2v) is 4.80. The Hall–Kier alpha value is -1.95. The summed E-state index contributed by atoms with van der Waals surface area (Å²) in [5, 5.41) is 7.47. The number of rotatable bonds is 6. The van der Waals surface area contributed by atoms with E-state index in [1.165, 1.54) is 19.5 Å². The van der Waals surface area contributed by atoms with Crippen LogP contribution in [-0.2, 0) is 6.54 Å². The fourth-order valence-electron chi connectivity index (χ4n) is 2.14. The Kier molecular flexibility index (Phi) is 4.68. The molecule has 1 heterocycles. The number of aromatic nitrogens is 3. The molecule has 1 aromatic carbocycles. The number of nitrogens with zero attached hydrogens (tertiary/aromatic N) is 3. The molecule has 0 fully saturated rings. The van der Waals surface area contributed by atoms with E-state index in [1.54, 1.807) is 17.1 Å². The van der Waals surface area contributed by atoms with Gasteiger partial charge in [0.2, 0.25) is 0 Å². The van der Waals surface area contributed by atoms with Crippen LogP contribution in [0.15, 0.2) is 30.9 Å². The summed E-state index contributed by atoms with van der Waals surface area (Å²) >= 11 is 0. The number of ether oxygens (including phenoxy) is 1. The van der Waals surface area contributed by atoms with Gasteiger partial charge in [-0.2, -0.15) is 5.10 Å². The van der Waals surface area contributed by atoms with Gasteiger partial charge in [-0.1, -0.05) is 6.07 Å². The molecule has 0 saturated carbocycles. The van der Waals surface area contributed by atoms with E-state index in [0.29, 0.717) is 6.54 Å². The third-order valence-electron chi connectivity index (χ3n) is 3.14. The van der Waals surface area contributed by atoms with E-state index in [1.807, 2.05) is 13.0 Å². The average Bonchev–Trinajstić information content (AvgIpc) is 2.91. The van der Waals surface area contributed by atoms with Gasteiger partial charge < -0.3 is 10.1 Å². The molecule has 2 atom stereocenters. The number of benzene rings is 1. The van der Waals surface area contributed by atoms with Gasteiger partial charge in [0, 0.05) is 12.1 Å². The van der Waals surface area contributed by atoms with Gasteiger partial charge in [0.05, 0.1) is 13.7 Å². The molecule has 0 unspecified atom stereocenters. The minimum atomic E-state index is -0.345. The zero-order valence-corrected chi connectivity index (χ0v) is 11.9. The van der Waals surface area contributed by atoms with Crippen molar-refractivity contribution in [3.8, 4) is 5.75 Å². The average molecular weight is 278 g/mol. The Morgan fingerprint density at radius 1 is 1.40 bits per heavy atom. The van der Waals surface area contributed by atoms with E-state index in [2.05, 4.69) is 22.3 Å². The third-order valence-corrected chi connectivity index (χ3v) is 3.14. The zero-order valence-electron chi connectivity index (χ0n) is 11.9. The second kappa shape index (κ2) is 6.47. The molecule has 5 nitrogen and oxygen atoms in total. The van der Waals surface area contributed by atoms with Crippen molar-refractivity contribution in [3.05, 3.63) is 42.2 Å². The van der Waals surface area contributed by atoms with Crippen molar-refractivity contribution >= 4 is 0 Å². The van der Waals surface area contributed by atoms with Crippen molar-refractivity contribution in [1.82, 2.24) is 20.1 Å². The maximum absolute atomic E-state index is 13.7. The third kappa shape index (κ3) is 3.54. The van der Waals surface area contributed by atoms with Gasteiger partial charge >= 0.3 is 0 Å². The Labute approximate surface area is 117 Å². The smallest absolute Gasteiger partial charge is 0.165 e. The van der Waals surface area contributed by atoms with Crippen molar-refractivity contribution in [2.45, 2.75) is 32.5 Å². The fraction of sp³-hybridized carbons (Fsp3) is 0.429. The number of methoxy groups -OCH3 is 1. The van der Waals surface area contributed by atoms with Crippen LogP contribution in [0.5, 0.6) is 5.75 Å². The lowest BCUT2D eigenvalue weighted by atomic mass is 10.1. The van der Waals surface area contributed by atoms with E-state index in [4.69, 9.17) is 4.74 Å². The minimum Gasteiger partial charge on any atom is -0.494 e. The molecule has 1 N–H and O–H groups in total. The highest BCUT2D eigenvalue weighted by Crippen LogP contribution is 2.21. The van der Waals surface area contributed by atoms with Gasteiger partial charge in [0.1, 0.15) is 12.7 Å². The molecule has 0 aliphatic carbocycles. The van der Waals surface area contributed by atoms with Crippen LogP contribution in [0.1, 0.15) is 25.5 Å². The fourth-order valence-corrected chi connectivity index (χ4v) is 2.14. The molecule has 0 bridgehead atoms. The summed E-state index contributed by atoms with van der Waals surface area (Å²) in [6, 6.07) is 5.23. The van der Waals surface area contributed by atoms with Crippen LogP contribution in [0.4, 0.5) is 4.39 Å². The summed E-state index contributed by atoms with van der Waals surface area (Å²) in [7, 11) is 1.46. The SMILES string of the molecule is COc1ccc([C@@H](C)N[C@H](C)Cn2cncn2)cc1F. The minimum absolute atomic E-state index is 0.0360. The van der Waals surface area contributed by atoms with Gasteiger partial charge in [-0.15, -0.1) is 0 Å². The van der Waals surface area contributed by atoms with Crippen LogP contribution in [0.3, 0.4) is 0 Å². The molecule has 0 amide bonds. The molecule has 108 valence electrons. The summed E-state index contributed by atoms with van der Waals surface area (Å²) in [5.74, 6) is -0.0841. The first-order valence-corrected chi connectivity index (χ1v) is 6.52. The van der Waals surface area contributed by atoms with Crippen molar-refractivity contribution < 1.29 is 9.13 Å². The summed E-state index contributed by atoms with van der Waals surface area (Å²) in [4.78, 5) is 3.90. The lowest BCUT2D eigenvalue weighted by Crippen LogP contribution is -2.32. The lowest BCUT2D eigenvalue weighted by molar-refractivity contribution is 0.383. The van der Waals surface area contributed by atoms with Crippen molar-refractivity contribution in [2.24, 2.45) is 0 Å². The van der Waals surface area contributed by atoms with Gasteiger partial charge in [0.25, 0.3) is 0 Å². The first kappa shape index (κ1) is 14.5. The van der Waals surface area contributed by atoms with Crippen LogP contribution in [0, 0.1) is 5.82 Å². The van der Waals surface area contributed by atoms with E-state index in [9.17, 15) is 4.39 Å². The van der Waals surface area contributed by atoms with Crippen molar-refractivity contribution in [2.75, 3.05) is 7.11 Å². The molecule has 0 saturated heterocycles. The van der Waals surface area contributed by atoms with E-state index >= 15 is 0 Å². The zero-order chi connectivity index (χ0) is 14.5. The highest BCUT2D eigenvalue weighted by molar-refractivity contribution is 5.30. The molecule has 0 radical (unpaired) electrons. The highest BCUT2D eigenvalue weighted by atomic mass is 19.1. The van der Waals surface area contributed by atoms with Crippen molar-refractivity contribution in [1.29, 1.82) is 0 Å². The van der Waals surface area contributed by atoms with Gasteiger partial charge in [-0.25, -0.2) is 9.37 Å². The summed E-state index contributed by atoms with van der Waals surface area (Å²) < 4.78 is 20.4. The Balaban J connectivity index is 1.97. The molecule has 2 aromatic rings. The van der Waals surface area contributed by atoms with Gasteiger partial charge in [0.15, 0.2) is 11.6 Å². The Morgan fingerprint density at radius 3 is 2.80 bits per heavy atom. The summed E-state index contributed by atoms with van der Waals surface area (Å²) in [6.45, 7) is 4.76.